The van der Waals surface area contributed by atoms with Crippen LogP contribution in [0.3, 0.4) is 0 Å². The first-order chi connectivity index (χ1) is 12.8. The Morgan fingerprint density at radius 3 is 2.93 bits per heavy atom. The van der Waals surface area contributed by atoms with Crippen LogP contribution in [0, 0.1) is 19.8 Å². The average Bonchev–Trinajstić information content (AvgIpc) is 3.15. The Morgan fingerprint density at radius 1 is 1.37 bits per heavy atom. The summed E-state index contributed by atoms with van der Waals surface area (Å²) in [5, 5.41) is 0.625. The molecule has 142 valence electrons. The van der Waals surface area contributed by atoms with Crippen LogP contribution in [0.2, 0.25) is 0 Å². The highest BCUT2D eigenvalue weighted by Crippen LogP contribution is 2.33. The van der Waals surface area contributed by atoms with Crippen LogP contribution in [0.25, 0.3) is 10.2 Å². The summed E-state index contributed by atoms with van der Waals surface area (Å²) in [7, 11) is 0. The van der Waals surface area contributed by atoms with Gasteiger partial charge in [0.05, 0.1) is 5.39 Å². The summed E-state index contributed by atoms with van der Waals surface area (Å²) in [5.74, 6) is 0.696. The number of aryl methyl sites for hydroxylation is 3. The Balaban J connectivity index is 1.57. The number of hydrogen-bond donors (Lipinski definition) is 1. The Labute approximate surface area is 165 Å². The third kappa shape index (κ3) is 3.34. The lowest BCUT2D eigenvalue weighted by Gasteiger charge is -2.16. The normalized spacial score (nSPS) is 17.7. The fourth-order valence-electron chi connectivity index (χ4n) is 3.54. The Kier molecular flexibility index (Phi) is 4.68. The molecule has 27 heavy (non-hydrogen) atoms. The van der Waals surface area contributed by atoms with E-state index in [2.05, 4.69) is 16.9 Å². The highest BCUT2D eigenvalue weighted by Gasteiger charge is 2.24. The second-order valence-electron chi connectivity index (χ2n) is 7.37. The van der Waals surface area contributed by atoms with Crippen molar-refractivity contribution in [2.75, 3.05) is 0 Å². The number of nitrogens with zero attached hydrogens (tertiary/aromatic N) is 1. The van der Waals surface area contributed by atoms with Gasteiger partial charge in [-0.15, -0.1) is 22.7 Å². The van der Waals surface area contributed by atoms with Crippen LogP contribution >= 0.6 is 22.7 Å². The molecule has 0 saturated heterocycles. The number of aromatic nitrogens is 2. The van der Waals surface area contributed by atoms with E-state index >= 15 is 0 Å². The van der Waals surface area contributed by atoms with Crippen LogP contribution < -0.4 is 5.56 Å². The van der Waals surface area contributed by atoms with E-state index in [0.717, 1.165) is 23.3 Å². The summed E-state index contributed by atoms with van der Waals surface area (Å²) in [6.45, 7) is 7.88. The molecule has 0 radical (unpaired) electrons. The van der Waals surface area contributed by atoms with Crippen LogP contribution in [-0.2, 0) is 17.6 Å². The fraction of sp³-hybridized carbons (Fsp3) is 0.450. The monoisotopic (exact) mass is 402 g/mol. The number of carbonyl (C=O) groups is 1. The zero-order valence-corrected chi connectivity index (χ0v) is 17.5. The van der Waals surface area contributed by atoms with Gasteiger partial charge in [-0.3, -0.25) is 4.79 Å². The number of nitrogens with one attached hydrogen (secondary N) is 1. The van der Waals surface area contributed by atoms with Crippen LogP contribution in [0.5, 0.6) is 0 Å². The van der Waals surface area contributed by atoms with Crippen molar-refractivity contribution in [2.45, 2.75) is 53.1 Å². The van der Waals surface area contributed by atoms with Gasteiger partial charge >= 0.3 is 5.97 Å². The number of rotatable bonds is 3. The molecule has 3 aromatic rings. The summed E-state index contributed by atoms with van der Waals surface area (Å²) in [6, 6.07) is 1.97. The highest BCUT2D eigenvalue weighted by molar-refractivity contribution is 7.18. The van der Waals surface area contributed by atoms with Gasteiger partial charge in [-0.25, -0.2) is 9.78 Å². The Bertz CT molecular complexity index is 1090. The number of hydrogen-bond acceptors (Lipinski definition) is 6. The molecule has 1 N–H and O–H groups in total. The highest BCUT2D eigenvalue weighted by atomic mass is 32.1. The average molecular weight is 403 g/mol. The molecule has 1 aliphatic rings. The molecule has 7 heteroatoms. The molecule has 1 aliphatic carbocycles. The lowest BCUT2D eigenvalue weighted by atomic mass is 9.90. The molecule has 0 aliphatic heterocycles. The number of carbonyl (C=O) groups excluding carboxylic acids is 1. The molecule has 0 fully saturated rings. The molecular formula is C20H22N2O3S2. The molecule has 0 bridgehead atoms. The lowest BCUT2D eigenvalue weighted by Crippen LogP contribution is -2.17. The zero-order chi connectivity index (χ0) is 19.3. The summed E-state index contributed by atoms with van der Waals surface area (Å²) in [5.41, 5.74) is 2.05. The minimum Gasteiger partial charge on any atom is -0.450 e. The van der Waals surface area contributed by atoms with Crippen molar-refractivity contribution in [3.05, 3.63) is 48.0 Å². The van der Waals surface area contributed by atoms with Gasteiger partial charge < -0.3 is 9.72 Å². The van der Waals surface area contributed by atoms with Crippen LogP contribution in [0.15, 0.2) is 10.9 Å². The quantitative estimate of drug-likeness (QED) is 0.644. The summed E-state index contributed by atoms with van der Waals surface area (Å²) in [4.78, 5) is 36.0. The Hall–Kier alpha value is -1.99. The van der Waals surface area contributed by atoms with Gasteiger partial charge in [-0.1, -0.05) is 6.92 Å². The van der Waals surface area contributed by atoms with E-state index in [1.807, 2.05) is 19.9 Å². The van der Waals surface area contributed by atoms with E-state index in [1.165, 1.54) is 39.5 Å². The fourth-order valence-corrected chi connectivity index (χ4v) is 5.67. The van der Waals surface area contributed by atoms with Crippen molar-refractivity contribution in [2.24, 2.45) is 5.92 Å². The van der Waals surface area contributed by atoms with E-state index in [4.69, 9.17) is 4.74 Å². The Morgan fingerprint density at radius 2 is 2.15 bits per heavy atom. The van der Waals surface area contributed by atoms with Crippen molar-refractivity contribution in [1.29, 1.82) is 0 Å². The third-order valence-corrected chi connectivity index (χ3v) is 7.57. The first kappa shape index (κ1) is 18.4. The molecule has 0 spiro atoms. The van der Waals surface area contributed by atoms with E-state index in [-0.39, 0.29) is 11.5 Å². The summed E-state index contributed by atoms with van der Waals surface area (Å²) in [6.07, 6.45) is 2.61. The van der Waals surface area contributed by atoms with Gasteiger partial charge in [0.25, 0.3) is 5.56 Å². The smallest absolute Gasteiger partial charge is 0.349 e. The second kappa shape index (κ2) is 6.87. The SMILES string of the molecule is Cc1sc2nc([C@@H](C)OC(=O)c3cc4c(s3)CC[C@H](C)C4)[nH]c(=O)c2c1C. The lowest BCUT2D eigenvalue weighted by molar-refractivity contribution is 0.0326. The number of H-pyrrole nitrogens is 1. The molecule has 5 nitrogen and oxygen atoms in total. The molecular weight excluding hydrogens is 380 g/mol. The van der Waals surface area contributed by atoms with Crippen molar-refractivity contribution < 1.29 is 9.53 Å². The van der Waals surface area contributed by atoms with Gasteiger partial charge in [0.2, 0.25) is 0 Å². The van der Waals surface area contributed by atoms with E-state index in [0.29, 0.717) is 26.8 Å². The molecule has 4 rings (SSSR count). The van der Waals surface area contributed by atoms with Crippen LogP contribution in [0.4, 0.5) is 0 Å². The predicted molar refractivity (Wildman–Crippen MR) is 109 cm³/mol. The summed E-state index contributed by atoms with van der Waals surface area (Å²) >= 11 is 3.02. The molecule has 3 aromatic heterocycles. The standard InChI is InChI=1S/C20H22N2O3S2/c1-9-5-6-14-13(7-9)8-15(27-14)20(24)25-11(3)17-21-18(23)16-10(2)12(4)26-19(16)22-17/h8-9,11H,5-7H2,1-4H3,(H,21,22,23)/t9-,11+/m0/s1. The maximum Gasteiger partial charge on any atom is 0.349 e. The first-order valence-corrected chi connectivity index (χ1v) is 10.8. The molecule has 3 heterocycles. The first-order valence-electron chi connectivity index (χ1n) is 9.16. The number of esters is 1. The van der Waals surface area contributed by atoms with Gasteiger partial charge in [0.15, 0.2) is 11.9 Å². The molecule has 0 amide bonds. The van der Waals surface area contributed by atoms with E-state index in [9.17, 15) is 9.59 Å². The van der Waals surface area contributed by atoms with Gasteiger partial charge in [-0.05, 0) is 63.1 Å². The third-order valence-electron chi connectivity index (χ3n) is 5.26. The maximum absolute atomic E-state index is 12.6. The minimum atomic E-state index is -0.615. The number of fused-ring (bicyclic) bond motifs is 2. The van der Waals surface area contributed by atoms with E-state index in [1.54, 1.807) is 6.92 Å². The topological polar surface area (TPSA) is 72.0 Å². The zero-order valence-electron chi connectivity index (χ0n) is 15.8. The van der Waals surface area contributed by atoms with Crippen molar-refractivity contribution >= 4 is 38.9 Å². The molecule has 0 saturated carbocycles. The van der Waals surface area contributed by atoms with Gasteiger partial charge in [0.1, 0.15) is 9.71 Å². The number of aromatic amines is 1. The van der Waals surface area contributed by atoms with Gasteiger partial charge in [-0.2, -0.15) is 0 Å². The number of thiophene rings is 2. The van der Waals surface area contributed by atoms with Crippen molar-refractivity contribution in [1.82, 2.24) is 9.97 Å². The molecule has 0 unspecified atom stereocenters. The molecule has 2 atom stereocenters. The maximum atomic E-state index is 12.6. The van der Waals surface area contributed by atoms with Crippen molar-refractivity contribution in [3.63, 3.8) is 0 Å². The molecule has 0 aromatic carbocycles. The second-order valence-corrected chi connectivity index (χ2v) is 9.71. The van der Waals surface area contributed by atoms with Gasteiger partial charge in [0, 0.05) is 9.75 Å². The largest absolute Gasteiger partial charge is 0.450 e. The predicted octanol–water partition coefficient (Wildman–Crippen LogP) is 4.71. The minimum absolute atomic E-state index is 0.180. The van der Waals surface area contributed by atoms with Crippen molar-refractivity contribution in [3.8, 4) is 0 Å². The number of ether oxygens (including phenoxy) is 1. The van der Waals surface area contributed by atoms with Crippen LogP contribution in [-0.4, -0.2) is 15.9 Å². The van der Waals surface area contributed by atoms with Crippen LogP contribution in [0.1, 0.15) is 62.7 Å². The summed E-state index contributed by atoms with van der Waals surface area (Å²) < 4.78 is 5.61. The van der Waals surface area contributed by atoms with E-state index < -0.39 is 6.10 Å².